The van der Waals surface area contributed by atoms with E-state index in [-0.39, 0.29) is 24.7 Å². The second kappa shape index (κ2) is 6.29. The van der Waals surface area contributed by atoms with Crippen LogP contribution in [0.2, 0.25) is 0 Å². The lowest BCUT2D eigenvalue weighted by atomic mass is 10.0. The number of alkyl carbamates (subject to hydrolysis) is 1. The molecule has 0 saturated carbocycles. The van der Waals surface area contributed by atoms with Crippen molar-refractivity contribution in [1.29, 1.82) is 0 Å². The number of urea groups is 1. The molecule has 0 radical (unpaired) electrons. The van der Waals surface area contributed by atoms with Gasteiger partial charge in [-0.05, 0) is 33.6 Å². The molecular formula is C15H24N6O3. The monoisotopic (exact) mass is 336 g/mol. The van der Waals surface area contributed by atoms with Crippen molar-refractivity contribution < 1.29 is 14.3 Å². The minimum Gasteiger partial charge on any atom is -0.444 e. The van der Waals surface area contributed by atoms with Gasteiger partial charge in [-0.2, -0.15) is 0 Å². The Morgan fingerprint density at radius 3 is 3.00 bits per heavy atom. The molecule has 9 nitrogen and oxygen atoms in total. The van der Waals surface area contributed by atoms with Crippen LogP contribution >= 0.6 is 0 Å². The van der Waals surface area contributed by atoms with E-state index in [0.717, 1.165) is 19.4 Å². The highest BCUT2D eigenvalue weighted by molar-refractivity contribution is 5.77. The van der Waals surface area contributed by atoms with Crippen LogP contribution in [0.1, 0.15) is 39.3 Å². The molecule has 0 aliphatic carbocycles. The van der Waals surface area contributed by atoms with Gasteiger partial charge in [-0.15, -0.1) is 5.10 Å². The first-order chi connectivity index (χ1) is 11.3. The zero-order valence-corrected chi connectivity index (χ0v) is 14.3. The van der Waals surface area contributed by atoms with Gasteiger partial charge < -0.3 is 20.3 Å². The number of hydrogen-bond donors (Lipinski definition) is 2. The largest absolute Gasteiger partial charge is 0.444 e. The Kier molecular flexibility index (Phi) is 4.33. The summed E-state index contributed by atoms with van der Waals surface area (Å²) in [5, 5.41) is 13.8. The smallest absolute Gasteiger partial charge is 0.407 e. The van der Waals surface area contributed by atoms with Gasteiger partial charge in [0.1, 0.15) is 11.3 Å². The van der Waals surface area contributed by atoms with E-state index in [1.165, 1.54) is 0 Å². The molecule has 1 aromatic rings. The zero-order chi connectivity index (χ0) is 17.3. The number of nitrogens with zero attached hydrogens (tertiary/aromatic N) is 4. The fourth-order valence-electron chi connectivity index (χ4n) is 3.04. The third kappa shape index (κ3) is 3.95. The Balaban J connectivity index is 1.51. The van der Waals surface area contributed by atoms with Gasteiger partial charge in [0.2, 0.25) is 0 Å². The standard InChI is InChI=1S/C15H24N6O3/c1-15(2,3)24-14(23)16-6-11-7-20(19-18-11)9-12-5-4-10-8-21(12)13(22)17-10/h7,10,12H,4-6,8-9H2,1-3H3,(H,16,23)(H,17,22)/t10-,12+/m1/s1. The number of hydrogen-bond acceptors (Lipinski definition) is 5. The molecule has 0 unspecified atom stereocenters. The summed E-state index contributed by atoms with van der Waals surface area (Å²) in [7, 11) is 0. The van der Waals surface area contributed by atoms with E-state index >= 15 is 0 Å². The summed E-state index contributed by atoms with van der Waals surface area (Å²) in [4.78, 5) is 25.4. The SMILES string of the molecule is CC(C)(C)OC(=O)NCc1cn(C[C@@H]2CC[C@@H]3CN2C(=O)N3)nn1. The van der Waals surface area contributed by atoms with Crippen LogP contribution in [0.25, 0.3) is 0 Å². The van der Waals surface area contributed by atoms with Gasteiger partial charge in [0, 0.05) is 12.6 Å². The summed E-state index contributed by atoms with van der Waals surface area (Å²) in [5.41, 5.74) is 0.122. The van der Waals surface area contributed by atoms with E-state index in [0.29, 0.717) is 12.2 Å². The summed E-state index contributed by atoms with van der Waals surface area (Å²) in [6, 6.07) is 0.435. The lowest BCUT2D eigenvalue weighted by molar-refractivity contribution is 0.0523. The van der Waals surface area contributed by atoms with Crippen LogP contribution in [0, 0.1) is 0 Å². The van der Waals surface area contributed by atoms with Crippen molar-refractivity contribution in [2.24, 2.45) is 0 Å². The van der Waals surface area contributed by atoms with E-state index in [2.05, 4.69) is 20.9 Å². The second-order valence-corrected chi connectivity index (χ2v) is 7.32. The summed E-state index contributed by atoms with van der Waals surface area (Å²) in [6.07, 6.45) is 3.25. The number of nitrogens with one attached hydrogen (secondary N) is 2. The number of piperidine rings is 1. The molecule has 2 saturated heterocycles. The van der Waals surface area contributed by atoms with Crippen molar-refractivity contribution in [3.63, 3.8) is 0 Å². The first-order valence-electron chi connectivity index (χ1n) is 8.23. The van der Waals surface area contributed by atoms with Gasteiger partial charge in [0.25, 0.3) is 0 Å². The number of carbonyl (C=O) groups is 2. The molecule has 132 valence electrons. The van der Waals surface area contributed by atoms with Crippen molar-refractivity contribution in [3.05, 3.63) is 11.9 Å². The van der Waals surface area contributed by atoms with Crippen molar-refractivity contribution in [2.45, 2.75) is 64.4 Å². The minimum atomic E-state index is -0.531. The molecule has 3 heterocycles. The van der Waals surface area contributed by atoms with Crippen LogP contribution in [-0.4, -0.2) is 56.2 Å². The van der Waals surface area contributed by atoms with Gasteiger partial charge in [0.15, 0.2) is 0 Å². The van der Waals surface area contributed by atoms with Crippen LogP contribution in [0.5, 0.6) is 0 Å². The maximum absolute atomic E-state index is 11.9. The van der Waals surface area contributed by atoms with Crippen LogP contribution in [0.4, 0.5) is 9.59 Å². The molecule has 9 heteroatoms. The molecule has 2 atom stereocenters. The number of fused-ring (bicyclic) bond motifs is 2. The molecule has 0 spiro atoms. The topological polar surface area (TPSA) is 101 Å². The van der Waals surface area contributed by atoms with Crippen LogP contribution in [-0.2, 0) is 17.8 Å². The van der Waals surface area contributed by atoms with E-state index in [4.69, 9.17) is 4.74 Å². The molecule has 2 bridgehead atoms. The molecule has 24 heavy (non-hydrogen) atoms. The van der Waals surface area contributed by atoms with E-state index in [9.17, 15) is 9.59 Å². The molecule has 2 aliphatic rings. The van der Waals surface area contributed by atoms with Gasteiger partial charge >= 0.3 is 12.1 Å². The number of aromatic nitrogens is 3. The van der Waals surface area contributed by atoms with Crippen LogP contribution in [0.3, 0.4) is 0 Å². The third-order valence-corrected chi connectivity index (χ3v) is 4.09. The quantitative estimate of drug-likeness (QED) is 0.849. The summed E-state index contributed by atoms with van der Waals surface area (Å²) in [6.45, 7) is 7.07. The van der Waals surface area contributed by atoms with E-state index in [1.807, 2.05) is 25.7 Å². The maximum atomic E-state index is 11.9. The van der Waals surface area contributed by atoms with Gasteiger partial charge in [0.05, 0.1) is 25.3 Å². The van der Waals surface area contributed by atoms with E-state index < -0.39 is 11.7 Å². The van der Waals surface area contributed by atoms with Gasteiger partial charge in [-0.25, -0.2) is 9.59 Å². The number of carbonyl (C=O) groups excluding carboxylic acids is 2. The van der Waals surface area contributed by atoms with Crippen molar-refractivity contribution in [3.8, 4) is 0 Å². The Bertz CT molecular complexity index is 623. The normalized spacial score (nSPS) is 23.1. The average molecular weight is 336 g/mol. The Labute approximate surface area is 140 Å². The molecule has 3 rings (SSSR count). The molecule has 2 N–H and O–H groups in total. The molecular weight excluding hydrogens is 312 g/mol. The summed E-state index contributed by atoms with van der Waals surface area (Å²) < 4.78 is 6.90. The van der Waals surface area contributed by atoms with Crippen molar-refractivity contribution in [1.82, 2.24) is 30.5 Å². The molecule has 1 aromatic heterocycles. The first-order valence-corrected chi connectivity index (χ1v) is 8.23. The number of amides is 3. The highest BCUT2D eigenvalue weighted by Gasteiger charge is 2.38. The zero-order valence-electron chi connectivity index (χ0n) is 14.3. The predicted molar refractivity (Wildman–Crippen MR) is 85.1 cm³/mol. The first kappa shape index (κ1) is 16.5. The fraction of sp³-hybridized carbons (Fsp3) is 0.733. The lowest BCUT2D eigenvalue weighted by Gasteiger charge is -2.30. The number of rotatable bonds is 4. The highest BCUT2D eigenvalue weighted by atomic mass is 16.6. The summed E-state index contributed by atoms with van der Waals surface area (Å²) >= 11 is 0. The van der Waals surface area contributed by atoms with Crippen molar-refractivity contribution >= 4 is 12.1 Å². The third-order valence-electron chi connectivity index (χ3n) is 4.09. The fourth-order valence-corrected chi connectivity index (χ4v) is 3.04. The van der Waals surface area contributed by atoms with Crippen LogP contribution in [0.15, 0.2) is 6.20 Å². The molecule has 2 fully saturated rings. The average Bonchev–Trinajstić information content (AvgIpc) is 3.03. The maximum Gasteiger partial charge on any atom is 0.407 e. The molecule has 2 aliphatic heterocycles. The Hall–Kier alpha value is -2.32. The van der Waals surface area contributed by atoms with E-state index in [1.54, 1.807) is 10.9 Å². The Morgan fingerprint density at radius 2 is 2.25 bits per heavy atom. The van der Waals surface area contributed by atoms with Crippen molar-refractivity contribution in [2.75, 3.05) is 6.54 Å². The molecule has 0 aromatic carbocycles. The second-order valence-electron chi connectivity index (χ2n) is 7.32. The molecule has 3 amide bonds. The highest BCUT2D eigenvalue weighted by Crippen LogP contribution is 2.23. The predicted octanol–water partition coefficient (Wildman–Crippen LogP) is 0.859. The lowest BCUT2D eigenvalue weighted by Crippen LogP contribution is -2.42. The van der Waals surface area contributed by atoms with Gasteiger partial charge in [-0.1, -0.05) is 5.21 Å². The van der Waals surface area contributed by atoms with Gasteiger partial charge in [-0.3, -0.25) is 4.68 Å². The van der Waals surface area contributed by atoms with Crippen LogP contribution < -0.4 is 10.6 Å². The summed E-state index contributed by atoms with van der Waals surface area (Å²) in [5.74, 6) is 0. The minimum absolute atomic E-state index is 0.00873. The Morgan fingerprint density at radius 1 is 1.46 bits per heavy atom. The number of ether oxygens (including phenoxy) is 1.